The van der Waals surface area contributed by atoms with Crippen LogP contribution in [0.15, 0.2) is 30.3 Å². The molecule has 70 valence electrons. The first kappa shape index (κ1) is 10.3. The smallest absolute Gasteiger partial charge is 0.0938 e. The number of benzene rings is 1. The van der Waals surface area contributed by atoms with Crippen molar-refractivity contribution < 1.29 is 4.74 Å². The first-order valence-electron chi connectivity index (χ1n) is 4.06. The fourth-order valence-corrected chi connectivity index (χ4v) is 1.65. The van der Waals surface area contributed by atoms with Crippen LogP contribution in [0.2, 0.25) is 0 Å². The zero-order chi connectivity index (χ0) is 9.52. The predicted molar refractivity (Wildman–Crippen MR) is 57.3 cm³/mol. The van der Waals surface area contributed by atoms with Gasteiger partial charge in [-0.25, -0.2) is 0 Å². The van der Waals surface area contributed by atoms with E-state index in [4.69, 9.17) is 10.1 Å². The van der Waals surface area contributed by atoms with Crippen molar-refractivity contribution in [1.82, 2.24) is 0 Å². The van der Waals surface area contributed by atoms with Gasteiger partial charge in [0.15, 0.2) is 0 Å². The molecule has 0 aliphatic rings. The fourth-order valence-electron chi connectivity index (χ4n) is 0.917. The Hall–Kier alpha value is -0.800. The molecule has 0 fully saturated rings. The third kappa shape index (κ3) is 4.10. The summed E-state index contributed by atoms with van der Waals surface area (Å²) in [5.74, 6) is 0.850. The molecular formula is C10H13NOS. The van der Waals surface area contributed by atoms with Crippen molar-refractivity contribution in [2.75, 3.05) is 13.7 Å². The zero-order valence-corrected chi connectivity index (χ0v) is 8.43. The number of nitrogens with one attached hydrogen (secondary N) is 1. The van der Waals surface area contributed by atoms with Crippen molar-refractivity contribution in [3.05, 3.63) is 35.9 Å². The van der Waals surface area contributed by atoms with E-state index < -0.39 is 0 Å². The highest BCUT2D eigenvalue weighted by atomic mass is 32.2. The van der Waals surface area contributed by atoms with E-state index in [-0.39, 0.29) is 0 Å². The second-order valence-corrected chi connectivity index (χ2v) is 3.70. The minimum Gasteiger partial charge on any atom is -0.378 e. The summed E-state index contributed by atoms with van der Waals surface area (Å²) in [6, 6.07) is 10.1. The van der Waals surface area contributed by atoms with Crippen LogP contribution in [0.25, 0.3) is 0 Å². The van der Waals surface area contributed by atoms with Crippen LogP contribution in [0.4, 0.5) is 0 Å². The summed E-state index contributed by atoms with van der Waals surface area (Å²) in [7, 11) is 1.61. The summed E-state index contributed by atoms with van der Waals surface area (Å²) >= 11 is 1.51. The van der Waals surface area contributed by atoms with Gasteiger partial charge in [-0.05, 0) is 5.56 Å². The van der Waals surface area contributed by atoms with Crippen molar-refractivity contribution in [1.29, 1.82) is 5.41 Å². The Morgan fingerprint density at radius 1 is 1.38 bits per heavy atom. The van der Waals surface area contributed by atoms with E-state index in [1.54, 1.807) is 7.11 Å². The molecule has 1 N–H and O–H groups in total. The van der Waals surface area contributed by atoms with Crippen LogP contribution in [-0.2, 0) is 10.5 Å². The van der Waals surface area contributed by atoms with Crippen molar-refractivity contribution in [2.45, 2.75) is 5.75 Å². The molecule has 0 amide bonds. The van der Waals surface area contributed by atoms with Crippen LogP contribution in [0.5, 0.6) is 0 Å². The quantitative estimate of drug-likeness (QED) is 0.591. The van der Waals surface area contributed by atoms with Crippen LogP contribution < -0.4 is 0 Å². The summed E-state index contributed by atoms with van der Waals surface area (Å²) in [6.07, 6.45) is 0. The third-order valence-electron chi connectivity index (χ3n) is 1.53. The number of methoxy groups -OCH3 is 1. The van der Waals surface area contributed by atoms with Crippen molar-refractivity contribution in [3.8, 4) is 0 Å². The molecule has 1 rings (SSSR count). The number of ether oxygens (including phenoxy) is 1. The normalized spacial score (nSPS) is 9.92. The molecule has 2 nitrogen and oxygen atoms in total. The lowest BCUT2D eigenvalue weighted by Crippen LogP contribution is -2.00. The summed E-state index contributed by atoms with van der Waals surface area (Å²) in [6.45, 7) is 0.414. The lowest BCUT2D eigenvalue weighted by molar-refractivity contribution is 0.247. The van der Waals surface area contributed by atoms with Crippen LogP contribution in [0.1, 0.15) is 5.56 Å². The second kappa shape index (κ2) is 5.78. The maximum atomic E-state index is 7.48. The van der Waals surface area contributed by atoms with Gasteiger partial charge in [0.05, 0.1) is 11.7 Å². The topological polar surface area (TPSA) is 33.1 Å². The largest absolute Gasteiger partial charge is 0.378 e. The molecule has 1 aromatic carbocycles. The Bertz CT molecular complexity index is 261. The van der Waals surface area contributed by atoms with Crippen LogP contribution in [0.3, 0.4) is 0 Å². The van der Waals surface area contributed by atoms with Crippen molar-refractivity contribution in [2.24, 2.45) is 0 Å². The molecule has 0 atom stereocenters. The molecule has 0 aliphatic heterocycles. The standard InChI is InChI=1S/C10H13NOS/c1-12-7-10(11)13-8-9-5-3-2-4-6-9/h2-6,11H,7-8H2,1H3. The van der Waals surface area contributed by atoms with Gasteiger partial charge in [-0.15, -0.1) is 11.8 Å². The summed E-state index contributed by atoms with van der Waals surface area (Å²) in [4.78, 5) is 0. The summed E-state index contributed by atoms with van der Waals surface area (Å²) in [5, 5.41) is 8.05. The Morgan fingerprint density at radius 3 is 2.69 bits per heavy atom. The molecule has 1 aromatic rings. The van der Waals surface area contributed by atoms with Gasteiger partial charge in [-0.3, -0.25) is 5.41 Å². The molecule has 0 bridgehead atoms. The molecule has 0 saturated heterocycles. The van der Waals surface area contributed by atoms with E-state index in [0.717, 1.165) is 5.75 Å². The maximum Gasteiger partial charge on any atom is 0.0938 e. The molecule has 0 heterocycles. The van der Waals surface area contributed by atoms with Gasteiger partial charge >= 0.3 is 0 Å². The number of hydrogen-bond donors (Lipinski definition) is 1. The molecule has 0 unspecified atom stereocenters. The monoisotopic (exact) mass is 195 g/mol. The lowest BCUT2D eigenvalue weighted by Gasteiger charge is -2.01. The predicted octanol–water partition coefficient (Wildman–Crippen LogP) is 2.54. The molecular weight excluding hydrogens is 182 g/mol. The number of rotatable bonds is 4. The highest BCUT2D eigenvalue weighted by Gasteiger charge is 1.97. The van der Waals surface area contributed by atoms with Gasteiger partial charge in [0.2, 0.25) is 0 Å². The Labute approximate surface area is 82.8 Å². The van der Waals surface area contributed by atoms with Gasteiger partial charge in [0.1, 0.15) is 0 Å². The van der Waals surface area contributed by atoms with Crippen LogP contribution in [0, 0.1) is 5.41 Å². The van der Waals surface area contributed by atoms with Gasteiger partial charge in [-0.2, -0.15) is 0 Å². The van der Waals surface area contributed by atoms with Crippen LogP contribution in [-0.4, -0.2) is 18.8 Å². The minimum atomic E-state index is 0.414. The van der Waals surface area contributed by atoms with Gasteiger partial charge < -0.3 is 4.74 Å². The van der Waals surface area contributed by atoms with E-state index in [1.807, 2.05) is 18.2 Å². The minimum absolute atomic E-state index is 0.414. The first-order valence-corrected chi connectivity index (χ1v) is 5.04. The first-order chi connectivity index (χ1) is 6.33. The molecule has 0 aliphatic carbocycles. The number of hydrogen-bond acceptors (Lipinski definition) is 3. The van der Waals surface area contributed by atoms with Crippen molar-refractivity contribution in [3.63, 3.8) is 0 Å². The van der Waals surface area contributed by atoms with Crippen molar-refractivity contribution >= 4 is 16.8 Å². The SMILES string of the molecule is COCC(=N)SCc1ccccc1. The van der Waals surface area contributed by atoms with Gasteiger partial charge in [0.25, 0.3) is 0 Å². The summed E-state index contributed by atoms with van der Waals surface area (Å²) in [5.41, 5.74) is 1.24. The average Bonchev–Trinajstić information content (AvgIpc) is 2.17. The zero-order valence-electron chi connectivity index (χ0n) is 7.62. The molecule has 0 spiro atoms. The van der Waals surface area contributed by atoms with E-state index in [0.29, 0.717) is 11.7 Å². The fraction of sp³-hybridized carbons (Fsp3) is 0.300. The second-order valence-electron chi connectivity index (χ2n) is 2.63. The van der Waals surface area contributed by atoms with Gasteiger partial charge in [0, 0.05) is 12.9 Å². The van der Waals surface area contributed by atoms with E-state index >= 15 is 0 Å². The van der Waals surface area contributed by atoms with E-state index in [9.17, 15) is 0 Å². The number of thioether (sulfide) groups is 1. The molecule has 0 saturated carbocycles. The van der Waals surface area contributed by atoms with E-state index in [2.05, 4.69) is 12.1 Å². The molecule has 0 aromatic heterocycles. The Kier molecular flexibility index (Phi) is 4.57. The summed E-state index contributed by atoms with van der Waals surface area (Å²) < 4.78 is 4.85. The molecule has 3 heteroatoms. The van der Waals surface area contributed by atoms with Crippen LogP contribution >= 0.6 is 11.8 Å². The maximum absolute atomic E-state index is 7.48. The Morgan fingerprint density at radius 2 is 2.08 bits per heavy atom. The van der Waals surface area contributed by atoms with Gasteiger partial charge in [-0.1, -0.05) is 30.3 Å². The molecule has 0 radical (unpaired) electrons. The van der Waals surface area contributed by atoms with E-state index in [1.165, 1.54) is 17.3 Å². The molecule has 13 heavy (non-hydrogen) atoms. The highest BCUT2D eigenvalue weighted by molar-refractivity contribution is 8.13. The highest BCUT2D eigenvalue weighted by Crippen LogP contribution is 2.12. The third-order valence-corrected chi connectivity index (χ3v) is 2.48. The lowest BCUT2D eigenvalue weighted by atomic mass is 10.2. The Balaban J connectivity index is 2.31. The average molecular weight is 195 g/mol.